The number of carbonyl (C=O) groups excluding carboxylic acids is 1. The van der Waals surface area contributed by atoms with Crippen molar-refractivity contribution in [2.75, 3.05) is 24.2 Å². The molecule has 3 aromatic heterocycles. The van der Waals surface area contributed by atoms with Crippen LogP contribution in [-0.2, 0) is 13.0 Å². The van der Waals surface area contributed by atoms with Crippen molar-refractivity contribution in [3.05, 3.63) is 77.9 Å². The molecule has 7 heteroatoms. The number of nitrogens with two attached hydrogens (primary N) is 1. The molecule has 0 aliphatic carbocycles. The van der Waals surface area contributed by atoms with Gasteiger partial charge in [-0.25, -0.2) is 9.97 Å². The van der Waals surface area contributed by atoms with Gasteiger partial charge in [-0.15, -0.1) is 0 Å². The number of nitrogens with zero attached hydrogens (tertiary/aromatic N) is 4. The van der Waals surface area contributed by atoms with Crippen LogP contribution in [0.4, 0.5) is 11.6 Å². The Kier molecular flexibility index (Phi) is 5.94. The van der Waals surface area contributed by atoms with Gasteiger partial charge < -0.3 is 16.0 Å². The summed E-state index contributed by atoms with van der Waals surface area (Å²) in [6, 6.07) is 12.9. The lowest BCUT2D eigenvalue weighted by Gasteiger charge is -2.21. The van der Waals surface area contributed by atoms with Gasteiger partial charge in [0.25, 0.3) is 5.91 Å². The maximum atomic E-state index is 12.3. The highest BCUT2D eigenvalue weighted by Crippen LogP contribution is 2.16. The number of aromatic nitrogens is 3. The molecule has 0 unspecified atom stereocenters. The van der Waals surface area contributed by atoms with Crippen LogP contribution in [0, 0.1) is 0 Å². The molecule has 27 heavy (non-hydrogen) atoms. The first-order valence-electron chi connectivity index (χ1n) is 8.68. The largest absolute Gasteiger partial charge is 0.384 e. The molecule has 0 saturated heterocycles. The van der Waals surface area contributed by atoms with Gasteiger partial charge >= 0.3 is 0 Å². The van der Waals surface area contributed by atoms with Crippen molar-refractivity contribution < 1.29 is 4.79 Å². The first kappa shape index (κ1) is 18.3. The van der Waals surface area contributed by atoms with Crippen LogP contribution in [0.15, 0.2) is 61.1 Å². The van der Waals surface area contributed by atoms with E-state index in [9.17, 15) is 4.79 Å². The van der Waals surface area contributed by atoms with Crippen molar-refractivity contribution in [1.82, 2.24) is 20.3 Å². The zero-order chi connectivity index (χ0) is 19.1. The monoisotopic (exact) mass is 362 g/mol. The number of hydrogen-bond acceptors (Lipinski definition) is 6. The third-order valence-electron chi connectivity index (χ3n) is 4.14. The second-order valence-electron chi connectivity index (χ2n) is 6.13. The summed E-state index contributed by atoms with van der Waals surface area (Å²) in [5, 5.41) is 2.91. The Morgan fingerprint density at radius 3 is 2.70 bits per heavy atom. The summed E-state index contributed by atoms with van der Waals surface area (Å²) >= 11 is 0. The summed E-state index contributed by atoms with van der Waals surface area (Å²) in [5.74, 6) is 0.956. The Balaban J connectivity index is 1.64. The second kappa shape index (κ2) is 8.75. The van der Waals surface area contributed by atoms with Crippen LogP contribution < -0.4 is 16.0 Å². The smallest absolute Gasteiger partial charge is 0.251 e. The third-order valence-corrected chi connectivity index (χ3v) is 4.14. The molecule has 0 radical (unpaired) electrons. The van der Waals surface area contributed by atoms with Crippen LogP contribution in [0.5, 0.6) is 0 Å². The summed E-state index contributed by atoms with van der Waals surface area (Å²) in [5.41, 5.74) is 8.09. The Morgan fingerprint density at radius 2 is 1.93 bits per heavy atom. The van der Waals surface area contributed by atoms with Gasteiger partial charge in [0.05, 0.1) is 0 Å². The molecule has 0 aromatic carbocycles. The van der Waals surface area contributed by atoms with E-state index in [0.717, 1.165) is 30.0 Å². The molecule has 3 rings (SSSR count). The number of nitrogen functional groups attached to an aromatic ring is 1. The normalized spacial score (nSPS) is 10.4. The topological polar surface area (TPSA) is 97.0 Å². The summed E-state index contributed by atoms with van der Waals surface area (Å²) in [7, 11) is 1.99. The molecule has 0 bridgehead atoms. The molecule has 0 aliphatic heterocycles. The van der Waals surface area contributed by atoms with Crippen molar-refractivity contribution in [3.63, 3.8) is 0 Å². The van der Waals surface area contributed by atoms with Gasteiger partial charge in [-0.2, -0.15) is 0 Å². The van der Waals surface area contributed by atoms with Crippen molar-refractivity contribution >= 4 is 17.5 Å². The number of likely N-dealkylation sites (N-methyl/N-ethyl adjacent to an activating group) is 1. The number of amides is 1. The van der Waals surface area contributed by atoms with E-state index in [1.807, 2.05) is 37.4 Å². The summed E-state index contributed by atoms with van der Waals surface area (Å²) < 4.78 is 0. The predicted octanol–water partition coefficient (Wildman–Crippen LogP) is 2.06. The van der Waals surface area contributed by atoms with Gasteiger partial charge in [0, 0.05) is 62.0 Å². The second-order valence-corrected chi connectivity index (χ2v) is 6.13. The maximum absolute atomic E-state index is 12.3. The average molecular weight is 362 g/mol. The van der Waals surface area contributed by atoms with Gasteiger partial charge in [0.2, 0.25) is 0 Å². The SMILES string of the molecule is CN(CCc1ccccn1)c1ncccc1CNC(=O)c1ccnc(N)c1. The fourth-order valence-corrected chi connectivity index (χ4v) is 2.71. The van der Waals surface area contributed by atoms with E-state index in [0.29, 0.717) is 17.9 Å². The molecule has 3 heterocycles. The molecule has 0 atom stereocenters. The standard InChI is InChI=1S/C20H22N6O/c1-26(12-8-17-6-2-3-9-22-17)19-16(5-4-10-24-19)14-25-20(27)15-7-11-23-18(21)13-15/h2-7,9-11,13H,8,12,14H2,1H3,(H2,21,23)(H,25,27). The lowest BCUT2D eigenvalue weighted by molar-refractivity contribution is 0.0951. The molecule has 3 aromatic rings. The minimum absolute atomic E-state index is 0.199. The van der Waals surface area contributed by atoms with E-state index in [1.165, 1.54) is 6.20 Å². The van der Waals surface area contributed by atoms with Crippen LogP contribution in [0.3, 0.4) is 0 Å². The van der Waals surface area contributed by atoms with E-state index in [4.69, 9.17) is 5.73 Å². The van der Waals surface area contributed by atoms with Gasteiger partial charge in [0.15, 0.2) is 0 Å². The molecule has 0 spiro atoms. The van der Waals surface area contributed by atoms with Crippen LogP contribution in [0.2, 0.25) is 0 Å². The Morgan fingerprint density at radius 1 is 1.07 bits per heavy atom. The average Bonchev–Trinajstić information content (AvgIpc) is 2.71. The predicted molar refractivity (Wildman–Crippen MR) is 105 cm³/mol. The molecule has 3 N–H and O–H groups in total. The minimum atomic E-state index is -0.199. The third kappa shape index (κ3) is 5.01. The Bertz CT molecular complexity index is 900. The first-order valence-corrected chi connectivity index (χ1v) is 8.68. The highest BCUT2D eigenvalue weighted by atomic mass is 16.1. The highest BCUT2D eigenvalue weighted by Gasteiger charge is 2.11. The fourth-order valence-electron chi connectivity index (χ4n) is 2.71. The molecule has 138 valence electrons. The molecule has 0 aliphatic rings. The van der Waals surface area contributed by atoms with Crippen molar-refractivity contribution in [3.8, 4) is 0 Å². The van der Waals surface area contributed by atoms with Crippen LogP contribution in [0.1, 0.15) is 21.6 Å². The summed E-state index contributed by atoms with van der Waals surface area (Å²) in [6.45, 7) is 1.15. The molecular weight excluding hydrogens is 340 g/mol. The van der Waals surface area contributed by atoms with Crippen LogP contribution in [-0.4, -0.2) is 34.5 Å². The van der Waals surface area contributed by atoms with Gasteiger partial charge in [0.1, 0.15) is 11.6 Å². The quantitative estimate of drug-likeness (QED) is 0.668. The maximum Gasteiger partial charge on any atom is 0.251 e. The van der Waals surface area contributed by atoms with Gasteiger partial charge in [-0.05, 0) is 30.3 Å². The Hall–Kier alpha value is -3.48. The number of carbonyl (C=O) groups is 1. The van der Waals surface area contributed by atoms with Crippen LogP contribution in [0.25, 0.3) is 0 Å². The number of nitrogens with one attached hydrogen (secondary N) is 1. The lowest BCUT2D eigenvalue weighted by atomic mass is 10.2. The zero-order valence-electron chi connectivity index (χ0n) is 15.2. The Labute approximate surface area is 158 Å². The molecule has 0 saturated carbocycles. The van der Waals surface area contributed by atoms with Gasteiger partial charge in [-0.3, -0.25) is 9.78 Å². The molecular formula is C20H22N6O. The highest BCUT2D eigenvalue weighted by molar-refractivity contribution is 5.94. The number of rotatable bonds is 7. The van der Waals surface area contributed by atoms with Crippen LogP contribution >= 0.6 is 0 Å². The number of hydrogen-bond donors (Lipinski definition) is 2. The van der Waals surface area contributed by atoms with E-state index >= 15 is 0 Å². The minimum Gasteiger partial charge on any atom is -0.384 e. The number of pyridine rings is 3. The van der Waals surface area contributed by atoms with Crippen molar-refractivity contribution in [2.45, 2.75) is 13.0 Å². The summed E-state index contributed by atoms with van der Waals surface area (Å²) in [6.07, 6.45) is 5.88. The zero-order valence-corrected chi connectivity index (χ0v) is 15.2. The van der Waals surface area contributed by atoms with E-state index in [1.54, 1.807) is 24.5 Å². The first-order chi connectivity index (χ1) is 13.1. The van der Waals surface area contributed by atoms with Crippen molar-refractivity contribution in [2.24, 2.45) is 0 Å². The molecule has 1 amide bonds. The van der Waals surface area contributed by atoms with Crippen molar-refractivity contribution in [1.29, 1.82) is 0 Å². The van der Waals surface area contributed by atoms with E-state index < -0.39 is 0 Å². The summed E-state index contributed by atoms with van der Waals surface area (Å²) in [4.78, 5) is 27.1. The lowest BCUT2D eigenvalue weighted by Crippen LogP contribution is -2.27. The van der Waals surface area contributed by atoms with E-state index in [-0.39, 0.29) is 5.91 Å². The fraction of sp³-hybridized carbons (Fsp3) is 0.200. The molecule has 7 nitrogen and oxygen atoms in total. The van der Waals surface area contributed by atoms with Gasteiger partial charge in [-0.1, -0.05) is 12.1 Å². The van der Waals surface area contributed by atoms with E-state index in [2.05, 4.69) is 25.2 Å². The number of anilines is 2. The molecule has 0 fully saturated rings.